The summed E-state index contributed by atoms with van der Waals surface area (Å²) in [6.45, 7) is 2.07. The number of carbonyl (C=O) groups is 1. The van der Waals surface area contributed by atoms with Crippen molar-refractivity contribution in [2.45, 2.75) is 19.4 Å². The lowest BCUT2D eigenvalue weighted by atomic mass is 10.2. The molecule has 1 unspecified atom stereocenters. The molecule has 0 aliphatic heterocycles. The van der Waals surface area contributed by atoms with Gasteiger partial charge in [0, 0.05) is 13.1 Å². The number of nitrogens with two attached hydrogens (primary N) is 1. The molecule has 1 atom stereocenters. The minimum absolute atomic E-state index is 0.0168. The highest BCUT2D eigenvalue weighted by atomic mass is 32.2. The molecule has 18 heavy (non-hydrogen) atoms. The first-order valence-electron chi connectivity index (χ1n) is 5.69. The first kappa shape index (κ1) is 14.6. The van der Waals surface area contributed by atoms with Gasteiger partial charge in [-0.2, -0.15) is 11.8 Å². The third kappa shape index (κ3) is 3.53. The number of hydrogen-bond donors (Lipinski definition) is 2. The Morgan fingerprint density at radius 3 is 2.83 bits per heavy atom. The van der Waals surface area contributed by atoms with E-state index in [2.05, 4.69) is 18.2 Å². The van der Waals surface area contributed by atoms with E-state index in [1.807, 2.05) is 11.9 Å². The Labute approximate surface area is 111 Å². The van der Waals surface area contributed by atoms with Crippen molar-refractivity contribution in [1.29, 1.82) is 0 Å². The molecule has 0 fully saturated rings. The van der Waals surface area contributed by atoms with E-state index in [4.69, 9.17) is 10.8 Å². The van der Waals surface area contributed by atoms with Crippen molar-refractivity contribution < 1.29 is 9.90 Å². The lowest BCUT2D eigenvalue weighted by molar-refractivity contribution is 0.0690. The molecule has 0 saturated heterocycles. The molecule has 3 N–H and O–H groups in total. The average Bonchev–Trinajstić information content (AvgIpc) is 2.35. The summed E-state index contributed by atoms with van der Waals surface area (Å²) < 4.78 is 0. The van der Waals surface area contributed by atoms with Gasteiger partial charge in [-0.05, 0) is 37.5 Å². The highest BCUT2D eigenvalue weighted by Crippen LogP contribution is 2.22. The second-order valence-electron chi connectivity index (χ2n) is 4.16. The van der Waals surface area contributed by atoms with Crippen molar-refractivity contribution in [1.82, 2.24) is 4.98 Å². The minimum atomic E-state index is -1.04. The number of pyridine rings is 1. The maximum Gasteiger partial charge on any atom is 0.354 e. The van der Waals surface area contributed by atoms with E-state index >= 15 is 0 Å². The number of rotatable bonds is 6. The number of aromatic carboxylic acids is 1. The molecule has 0 amide bonds. The molecule has 5 nitrogen and oxygen atoms in total. The standard InChI is InChI=1S/C12H19N3O2S/c1-8(6-7-18-3)15(2)11-9(13)4-5-10(14-11)12(16)17/h4-5,8H,6-7,13H2,1-3H3,(H,16,17). The first-order chi connectivity index (χ1) is 8.47. The van der Waals surface area contributed by atoms with Crippen LogP contribution in [-0.4, -0.2) is 41.2 Å². The van der Waals surface area contributed by atoms with Gasteiger partial charge in [0.05, 0.1) is 5.69 Å². The largest absolute Gasteiger partial charge is 0.477 e. The molecule has 1 aromatic heterocycles. The molecule has 0 aromatic carbocycles. The van der Waals surface area contributed by atoms with Gasteiger partial charge in [-0.25, -0.2) is 9.78 Å². The van der Waals surface area contributed by atoms with Crippen LogP contribution in [0, 0.1) is 0 Å². The van der Waals surface area contributed by atoms with Gasteiger partial charge in [0.15, 0.2) is 11.5 Å². The predicted molar refractivity (Wildman–Crippen MR) is 76.5 cm³/mol. The summed E-state index contributed by atoms with van der Waals surface area (Å²) >= 11 is 1.78. The smallest absolute Gasteiger partial charge is 0.354 e. The number of carboxylic acids is 1. The van der Waals surface area contributed by atoms with Crippen molar-refractivity contribution in [2.75, 3.05) is 29.7 Å². The Bertz CT molecular complexity index is 426. The number of anilines is 2. The quantitative estimate of drug-likeness (QED) is 0.821. The monoisotopic (exact) mass is 269 g/mol. The Kier molecular flexibility index (Phi) is 5.27. The third-order valence-corrected chi connectivity index (χ3v) is 3.50. The molecule has 1 aromatic rings. The second-order valence-corrected chi connectivity index (χ2v) is 5.14. The van der Waals surface area contributed by atoms with Crippen molar-refractivity contribution >= 4 is 29.2 Å². The van der Waals surface area contributed by atoms with E-state index in [1.165, 1.54) is 6.07 Å². The van der Waals surface area contributed by atoms with Crippen LogP contribution in [0.25, 0.3) is 0 Å². The zero-order valence-electron chi connectivity index (χ0n) is 10.9. The average molecular weight is 269 g/mol. The van der Waals surface area contributed by atoms with E-state index in [0.717, 1.165) is 12.2 Å². The van der Waals surface area contributed by atoms with E-state index in [9.17, 15) is 4.79 Å². The molecule has 0 saturated carbocycles. The van der Waals surface area contributed by atoms with Crippen LogP contribution in [-0.2, 0) is 0 Å². The molecule has 6 heteroatoms. The fourth-order valence-electron chi connectivity index (χ4n) is 1.55. The number of nitrogens with zero attached hydrogens (tertiary/aromatic N) is 2. The molecule has 0 aliphatic rings. The number of nitrogen functional groups attached to an aromatic ring is 1. The van der Waals surface area contributed by atoms with E-state index in [0.29, 0.717) is 11.5 Å². The number of aromatic nitrogens is 1. The Morgan fingerprint density at radius 1 is 1.61 bits per heavy atom. The molecular formula is C12H19N3O2S. The molecule has 0 aliphatic carbocycles. The molecule has 0 bridgehead atoms. The van der Waals surface area contributed by atoms with Gasteiger partial charge >= 0.3 is 5.97 Å². The summed E-state index contributed by atoms with van der Waals surface area (Å²) in [7, 11) is 1.88. The van der Waals surface area contributed by atoms with Crippen molar-refractivity contribution in [2.24, 2.45) is 0 Å². The fraction of sp³-hybridized carbons (Fsp3) is 0.500. The zero-order chi connectivity index (χ0) is 13.7. The van der Waals surface area contributed by atoms with Crippen LogP contribution in [0.3, 0.4) is 0 Å². The normalized spacial score (nSPS) is 12.2. The van der Waals surface area contributed by atoms with Crippen LogP contribution >= 0.6 is 11.8 Å². The second kappa shape index (κ2) is 6.49. The van der Waals surface area contributed by atoms with Crippen LogP contribution in [0.15, 0.2) is 12.1 Å². The van der Waals surface area contributed by atoms with Gasteiger partial charge in [0.2, 0.25) is 0 Å². The van der Waals surface area contributed by atoms with Crippen LogP contribution < -0.4 is 10.6 Å². The summed E-state index contributed by atoms with van der Waals surface area (Å²) in [4.78, 5) is 16.9. The molecule has 1 heterocycles. The van der Waals surface area contributed by atoms with E-state index in [1.54, 1.807) is 17.8 Å². The lowest BCUT2D eigenvalue weighted by Crippen LogP contribution is -2.31. The topological polar surface area (TPSA) is 79.5 Å². The van der Waals surface area contributed by atoms with Crippen LogP contribution in [0.2, 0.25) is 0 Å². The van der Waals surface area contributed by atoms with Gasteiger partial charge in [-0.15, -0.1) is 0 Å². The van der Waals surface area contributed by atoms with Gasteiger partial charge in [-0.1, -0.05) is 0 Å². The molecule has 1 rings (SSSR count). The third-order valence-electron chi connectivity index (χ3n) is 2.86. The zero-order valence-corrected chi connectivity index (χ0v) is 11.7. The van der Waals surface area contributed by atoms with Crippen LogP contribution in [0.1, 0.15) is 23.8 Å². The van der Waals surface area contributed by atoms with Crippen LogP contribution in [0.4, 0.5) is 11.5 Å². The summed E-state index contributed by atoms with van der Waals surface area (Å²) in [6, 6.07) is 3.27. The Morgan fingerprint density at radius 2 is 2.28 bits per heavy atom. The SMILES string of the molecule is CSCCC(C)N(C)c1nc(C(=O)O)ccc1N. The molecule has 0 radical (unpaired) electrons. The maximum atomic E-state index is 10.9. The van der Waals surface area contributed by atoms with Gasteiger partial charge < -0.3 is 15.7 Å². The maximum absolute atomic E-state index is 10.9. The van der Waals surface area contributed by atoms with Crippen molar-refractivity contribution in [3.8, 4) is 0 Å². The summed E-state index contributed by atoms with van der Waals surface area (Å²) in [5, 5.41) is 8.94. The summed E-state index contributed by atoms with van der Waals surface area (Å²) in [6.07, 6.45) is 3.06. The van der Waals surface area contributed by atoms with Crippen LogP contribution in [0.5, 0.6) is 0 Å². The fourth-order valence-corrected chi connectivity index (χ4v) is 2.13. The Hall–Kier alpha value is -1.43. The van der Waals surface area contributed by atoms with Gasteiger partial charge in [0.1, 0.15) is 0 Å². The summed E-state index contributed by atoms with van der Waals surface area (Å²) in [5.74, 6) is 0.536. The van der Waals surface area contributed by atoms with Crippen molar-refractivity contribution in [3.63, 3.8) is 0 Å². The predicted octanol–water partition coefficient (Wildman–Crippen LogP) is 1.94. The number of hydrogen-bond acceptors (Lipinski definition) is 5. The number of carboxylic acid groups (broad SMARTS) is 1. The van der Waals surface area contributed by atoms with Crippen molar-refractivity contribution in [3.05, 3.63) is 17.8 Å². The van der Waals surface area contributed by atoms with E-state index < -0.39 is 5.97 Å². The van der Waals surface area contributed by atoms with Gasteiger partial charge in [-0.3, -0.25) is 0 Å². The van der Waals surface area contributed by atoms with Gasteiger partial charge in [0.25, 0.3) is 0 Å². The first-order valence-corrected chi connectivity index (χ1v) is 7.08. The highest BCUT2D eigenvalue weighted by Gasteiger charge is 2.16. The molecule has 100 valence electrons. The van der Waals surface area contributed by atoms with E-state index in [-0.39, 0.29) is 11.7 Å². The summed E-state index contributed by atoms with van der Waals surface area (Å²) in [5.41, 5.74) is 6.37. The minimum Gasteiger partial charge on any atom is -0.477 e. The molecular weight excluding hydrogens is 250 g/mol. The number of thioether (sulfide) groups is 1. The Balaban J connectivity index is 2.93. The molecule has 0 spiro atoms. The lowest BCUT2D eigenvalue weighted by Gasteiger charge is -2.27. The highest BCUT2D eigenvalue weighted by molar-refractivity contribution is 7.98.